The Morgan fingerprint density at radius 2 is 1.83 bits per heavy atom. The number of carbonyl (C=O) groups excluding carboxylic acids is 1. The molecule has 0 saturated heterocycles. The Bertz CT molecular complexity index is 1010. The minimum absolute atomic E-state index is 0. The van der Waals surface area contributed by atoms with Gasteiger partial charge in [-0.2, -0.15) is 0 Å². The first-order valence-electron chi connectivity index (χ1n) is 9.14. The molecule has 0 unspecified atom stereocenters. The number of rotatable bonds is 7. The summed E-state index contributed by atoms with van der Waals surface area (Å²) in [5.41, 5.74) is -0.886. The smallest absolute Gasteiger partial charge is 0.272 e. The number of fused-ring (bicyclic) bond motifs is 1. The van der Waals surface area contributed by atoms with Crippen molar-refractivity contribution in [1.29, 1.82) is 0 Å². The number of hydrogen-bond donors (Lipinski definition) is 0. The summed E-state index contributed by atoms with van der Waals surface area (Å²) in [6, 6.07) is 11.6. The van der Waals surface area contributed by atoms with Gasteiger partial charge < -0.3 is 9.64 Å². The van der Waals surface area contributed by atoms with Gasteiger partial charge in [0.05, 0.1) is 4.70 Å². The predicted octanol–water partition coefficient (Wildman–Crippen LogP) is 5.26. The van der Waals surface area contributed by atoms with Crippen LogP contribution in [0.2, 0.25) is 5.02 Å². The molecule has 2 aromatic carbocycles. The number of carbonyl (C=O) groups is 1. The summed E-state index contributed by atoms with van der Waals surface area (Å²) in [7, 11) is 3.85. The third-order valence-corrected chi connectivity index (χ3v) is 5.60. The van der Waals surface area contributed by atoms with Crippen LogP contribution in [0.15, 0.2) is 42.5 Å². The van der Waals surface area contributed by atoms with Crippen molar-refractivity contribution in [2.24, 2.45) is 0 Å². The van der Waals surface area contributed by atoms with Gasteiger partial charge in [0.2, 0.25) is 0 Å². The van der Waals surface area contributed by atoms with Crippen molar-refractivity contribution in [3.05, 3.63) is 53.3 Å². The van der Waals surface area contributed by atoms with Gasteiger partial charge in [-0.25, -0.2) is 9.37 Å². The lowest BCUT2D eigenvalue weighted by Gasteiger charge is -2.31. The minimum atomic E-state index is -1.16. The second kappa shape index (κ2) is 9.92. The highest BCUT2D eigenvalue weighted by Crippen LogP contribution is 2.32. The average Bonchev–Trinajstić information content (AvgIpc) is 3.08. The van der Waals surface area contributed by atoms with Crippen molar-refractivity contribution in [2.75, 3.05) is 32.1 Å². The van der Waals surface area contributed by atoms with Crippen LogP contribution in [0.4, 0.5) is 9.52 Å². The number of benzene rings is 2. The van der Waals surface area contributed by atoms with Crippen LogP contribution in [-0.2, 0) is 4.79 Å². The summed E-state index contributed by atoms with van der Waals surface area (Å²) in [5, 5.41) is 1.04. The van der Waals surface area contributed by atoms with E-state index in [9.17, 15) is 9.18 Å². The molecule has 0 spiro atoms. The minimum Gasteiger partial charge on any atom is -0.478 e. The van der Waals surface area contributed by atoms with Gasteiger partial charge >= 0.3 is 0 Å². The molecular weight excluding hydrogens is 448 g/mol. The Morgan fingerprint density at radius 3 is 2.43 bits per heavy atom. The van der Waals surface area contributed by atoms with Gasteiger partial charge in [-0.15, -0.1) is 12.4 Å². The summed E-state index contributed by atoms with van der Waals surface area (Å²) in [4.78, 5) is 21.4. The van der Waals surface area contributed by atoms with E-state index in [1.54, 1.807) is 55.1 Å². The summed E-state index contributed by atoms with van der Waals surface area (Å²) in [6.07, 6.45) is 0. The highest BCUT2D eigenvalue weighted by molar-refractivity contribution is 7.22. The first-order valence-corrected chi connectivity index (χ1v) is 10.3. The second-order valence-electron chi connectivity index (χ2n) is 7.41. The number of ether oxygens (including phenoxy) is 1. The molecular formula is C21H24Cl2FN3O2S. The standard InChI is InChI=1S/C21H23ClFN3O2S.ClH/c1-21(2,28-15-10-8-14(22)9-11-15)19(27)26(13-12-25(3)4)20-24-18-16(23)6-5-7-17(18)29-20;/h5-11H,12-13H2,1-4H3;1H. The van der Waals surface area contributed by atoms with Crippen LogP contribution in [0.1, 0.15) is 13.8 Å². The van der Waals surface area contributed by atoms with Crippen LogP contribution in [0.5, 0.6) is 5.75 Å². The van der Waals surface area contributed by atoms with Crippen molar-refractivity contribution >= 4 is 56.6 Å². The lowest BCUT2D eigenvalue weighted by atomic mass is 10.1. The zero-order valence-electron chi connectivity index (χ0n) is 17.2. The molecule has 162 valence electrons. The molecule has 5 nitrogen and oxygen atoms in total. The molecule has 1 aromatic heterocycles. The van der Waals surface area contributed by atoms with Gasteiger partial charge in [0.25, 0.3) is 5.91 Å². The summed E-state index contributed by atoms with van der Waals surface area (Å²) >= 11 is 7.21. The fourth-order valence-corrected chi connectivity index (χ4v) is 3.90. The van der Waals surface area contributed by atoms with Crippen molar-refractivity contribution in [2.45, 2.75) is 19.4 Å². The third kappa shape index (κ3) is 5.60. The third-order valence-electron chi connectivity index (χ3n) is 4.31. The number of anilines is 1. The molecule has 0 saturated carbocycles. The first-order chi connectivity index (χ1) is 13.7. The molecule has 0 fully saturated rings. The zero-order valence-corrected chi connectivity index (χ0v) is 19.6. The molecule has 3 aromatic rings. The molecule has 0 radical (unpaired) electrons. The molecule has 0 bridgehead atoms. The number of amides is 1. The SMILES string of the molecule is CN(C)CCN(C(=O)C(C)(C)Oc1ccc(Cl)cc1)c1nc2c(F)cccc2s1.Cl. The number of halogens is 3. The monoisotopic (exact) mass is 471 g/mol. The number of likely N-dealkylation sites (N-methyl/N-ethyl adjacent to an activating group) is 1. The van der Waals surface area contributed by atoms with Gasteiger partial charge in [-0.1, -0.05) is 29.0 Å². The number of aromatic nitrogens is 1. The van der Waals surface area contributed by atoms with E-state index in [1.165, 1.54) is 17.4 Å². The zero-order chi connectivity index (χ0) is 21.2. The Kier molecular flexibility index (Phi) is 8.05. The Morgan fingerprint density at radius 1 is 1.17 bits per heavy atom. The highest BCUT2D eigenvalue weighted by atomic mass is 35.5. The molecule has 30 heavy (non-hydrogen) atoms. The van der Waals surface area contributed by atoms with E-state index in [0.29, 0.717) is 33.7 Å². The highest BCUT2D eigenvalue weighted by Gasteiger charge is 2.36. The topological polar surface area (TPSA) is 45.7 Å². The number of hydrogen-bond acceptors (Lipinski definition) is 5. The molecule has 3 rings (SSSR count). The van der Waals surface area contributed by atoms with Crippen LogP contribution in [-0.4, -0.2) is 48.6 Å². The van der Waals surface area contributed by atoms with Crippen LogP contribution in [0.25, 0.3) is 10.2 Å². The van der Waals surface area contributed by atoms with E-state index in [0.717, 1.165) is 0 Å². The maximum absolute atomic E-state index is 14.1. The molecule has 0 aliphatic heterocycles. The quantitative estimate of drug-likeness (QED) is 0.471. The molecule has 1 amide bonds. The van der Waals surface area contributed by atoms with Crippen LogP contribution in [0.3, 0.4) is 0 Å². The van der Waals surface area contributed by atoms with E-state index in [4.69, 9.17) is 16.3 Å². The van der Waals surface area contributed by atoms with Crippen molar-refractivity contribution < 1.29 is 13.9 Å². The average molecular weight is 472 g/mol. The molecule has 1 heterocycles. The lowest BCUT2D eigenvalue weighted by molar-refractivity contribution is -0.131. The Balaban J connectivity index is 0.00000320. The van der Waals surface area contributed by atoms with Gasteiger partial charge in [-0.3, -0.25) is 9.69 Å². The van der Waals surface area contributed by atoms with Crippen LogP contribution in [0, 0.1) is 5.82 Å². The summed E-state index contributed by atoms with van der Waals surface area (Å²) < 4.78 is 20.8. The van der Waals surface area contributed by atoms with Crippen molar-refractivity contribution in [1.82, 2.24) is 9.88 Å². The lowest BCUT2D eigenvalue weighted by Crippen LogP contribution is -2.50. The maximum atomic E-state index is 14.1. The summed E-state index contributed by atoms with van der Waals surface area (Å²) in [6.45, 7) is 4.45. The number of nitrogens with zero attached hydrogens (tertiary/aromatic N) is 3. The number of thiazole rings is 1. The van der Waals surface area contributed by atoms with E-state index in [1.807, 2.05) is 19.0 Å². The molecule has 9 heteroatoms. The fourth-order valence-electron chi connectivity index (χ4n) is 2.77. The molecule has 0 atom stereocenters. The van der Waals surface area contributed by atoms with Gasteiger partial charge in [-0.05, 0) is 64.3 Å². The fraction of sp³-hybridized carbons (Fsp3) is 0.333. The normalized spacial score (nSPS) is 11.4. The van der Waals surface area contributed by atoms with Crippen LogP contribution >= 0.6 is 35.3 Å². The van der Waals surface area contributed by atoms with Gasteiger partial charge in [0.15, 0.2) is 10.7 Å². The molecule has 0 N–H and O–H groups in total. The first kappa shape index (κ1) is 24.3. The van der Waals surface area contributed by atoms with E-state index in [-0.39, 0.29) is 23.8 Å². The van der Waals surface area contributed by atoms with Crippen molar-refractivity contribution in [3.8, 4) is 5.75 Å². The van der Waals surface area contributed by atoms with E-state index < -0.39 is 11.4 Å². The summed E-state index contributed by atoms with van der Waals surface area (Å²) in [5.74, 6) is -0.119. The molecule has 0 aliphatic carbocycles. The Labute approximate surface area is 190 Å². The number of para-hydroxylation sites is 1. The largest absolute Gasteiger partial charge is 0.478 e. The second-order valence-corrected chi connectivity index (χ2v) is 8.85. The van der Waals surface area contributed by atoms with Crippen molar-refractivity contribution in [3.63, 3.8) is 0 Å². The van der Waals surface area contributed by atoms with Gasteiger partial charge in [0.1, 0.15) is 17.1 Å². The van der Waals surface area contributed by atoms with Gasteiger partial charge in [0, 0.05) is 18.1 Å². The Hall–Kier alpha value is -1.93. The maximum Gasteiger partial charge on any atom is 0.272 e. The van der Waals surface area contributed by atoms with E-state index >= 15 is 0 Å². The van der Waals surface area contributed by atoms with E-state index in [2.05, 4.69) is 4.98 Å². The van der Waals surface area contributed by atoms with Crippen LogP contribution < -0.4 is 9.64 Å². The predicted molar refractivity (Wildman–Crippen MR) is 124 cm³/mol. The molecule has 0 aliphatic rings.